The monoisotopic (exact) mass is 262 g/mol. The van der Waals surface area contributed by atoms with E-state index in [-0.39, 0.29) is 12.2 Å². The molecule has 0 radical (unpaired) electrons. The number of aliphatic hydroxyl groups is 1. The molecule has 0 aliphatic carbocycles. The summed E-state index contributed by atoms with van der Waals surface area (Å²) >= 11 is 0. The molecule has 0 unspecified atom stereocenters. The van der Waals surface area contributed by atoms with Crippen LogP contribution in [-0.4, -0.2) is 23.8 Å². The van der Waals surface area contributed by atoms with Crippen LogP contribution in [-0.2, 0) is 6.18 Å². The molecule has 0 fully saturated rings. The molecular weight excluding hydrogens is 249 g/mol. The summed E-state index contributed by atoms with van der Waals surface area (Å²) in [6.07, 6.45) is -5.09. The third-order valence-corrected chi connectivity index (χ3v) is 2.03. The Morgan fingerprint density at radius 3 is 2.33 bits per heavy atom. The lowest BCUT2D eigenvalue weighted by atomic mass is 10.2. The van der Waals surface area contributed by atoms with E-state index in [0.717, 1.165) is 24.3 Å². The van der Waals surface area contributed by atoms with Crippen LogP contribution < -0.4 is 10.6 Å². The minimum Gasteiger partial charge on any atom is -0.392 e. The van der Waals surface area contributed by atoms with Crippen molar-refractivity contribution in [2.24, 2.45) is 0 Å². The number of rotatable bonds is 3. The van der Waals surface area contributed by atoms with Crippen molar-refractivity contribution in [2.45, 2.75) is 19.2 Å². The van der Waals surface area contributed by atoms with Gasteiger partial charge in [0.05, 0.1) is 11.7 Å². The number of halogens is 3. The Labute approximate surface area is 102 Å². The number of urea groups is 1. The van der Waals surface area contributed by atoms with Gasteiger partial charge in [-0.25, -0.2) is 4.79 Å². The summed E-state index contributed by atoms with van der Waals surface area (Å²) in [4.78, 5) is 11.2. The van der Waals surface area contributed by atoms with Crippen LogP contribution in [0.4, 0.5) is 23.7 Å². The van der Waals surface area contributed by atoms with Gasteiger partial charge in [0, 0.05) is 12.2 Å². The van der Waals surface area contributed by atoms with E-state index in [0.29, 0.717) is 0 Å². The number of aliphatic hydroxyl groups excluding tert-OH is 1. The number of carbonyl (C=O) groups excluding carboxylic acids is 1. The molecule has 0 spiro atoms. The second-order valence-electron chi connectivity index (χ2n) is 3.76. The molecule has 1 aromatic rings. The number of benzene rings is 1. The van der Waals surface area contributed by atoms with Crippen LogP contribution in [0.25, 0.3) is 0 Å². The Morgan fingerprint density at radius 2 is 1.89 bits per heavy atom. The van der Waals surface area contributed by atoms with Gasteiger partial charge in [-0.2, -0.15) is 13.2 Å². The van der Waals surface area contributed by atoms with E-state index in [9.17, 15) is 18.0 Å². The molecule has 3 N–H and O–H groups in total. The van der Waals surface area contributed by atoms with Gasteiger partial charge in [0.15, 0.2) is 0 Å². The maximum Gasteiger partial charge on any atom is 0.416 e. The van der Waals surface area contributed by atoms with Gasteiger partial charge in [0.25, 0.3) is 0 Å². The van der Waals surface area contributed by atoms with E-state index in [4.69, 9.17) is 5.11 Å². The molecule has 1 rings (SSSR count). The fourth-order valence-electron chi connectivity index (χ4n) is 1.16. The predicted molar refractivity (Wildman–Crippen MR) is 60.1 cm³/mol. The normalized spacial score (nSPS) is 12.9. The summed E-state index contributed by atoms with van der Waals surface area (Å²) in [6.45, 7) is 1.56. The van der Waals surface area contributed by atoms with Gasteiger partial charge in [-0.15, -0.1) is 0 Å². The van der Waals surface area contributed by atoms with Gasteiger partial charge in [-0.1, -0.05) is 0 Å². The van der Waals surface area contributed by atoms with Crippen LogP contribution in [0.15, 0.2) is 24.3 Å². The van der Waals surface area contributed by atoms with Gasteiger partial charge < -0.3 is 15.7 Å². The highest BCUT2D eigenvalue weighted by Gasteiger charge is 2.29. The number of nitrogens with one attached hydrogen (secondary N) is 2. The molecule has 0 aliphatic rings. The van der Waals surface area contributed by atoms with Crippen molar-refractivity contribution in [2.75, 3.05) is 11.9 Å². The van der Waals surface area contributed by atoms with Crippen LogP contribution in [0.3, 0.4) is 0 Å². The largest absolute Gasteiger partial charge is 0.416 e. The Balaban J connectivity index is 2.56. The smallest absolute Gasteiger partial charge is 0.392 e. The first-order chi connectivity index (χ1) is 8.29. The van der Waals surface area contributed by atoms with Crippen molar-refractivity contribution in [3.05, 3.63) is 29.8 Å². The molecule has 100 valence electrons. The van der Waals surface area contributed by atoms with E-state index in [1.54, 1.807) is 0 Å². The molecule has 0 bridgehead atoms. The molecule has 1 atom stereocenters. The molecular formula is C11H13F3N2O2. The Hall–Kier alpha value is -1.76. The maximum atomic E-state index is 12.3. The highest BCUT2D eigenvalue weighted by atomic mass is 19.4. The summed E-state index contributed by atoms with van der Waals surface area (Å²) in [5.74, 6) is 0. The summed E-state index contributed by atoms with van der Waals surface area (Å²) in [7, 11) is 0. The zero-order chi connectivity index (χ0) is 13.8. The van der Waals surface area contributed by atoms with Crippen molar-refractivity contribution in [3.63, 3.8) is 0 Å². The number of anilines is 1. The minimum atomic E-state index is -4.40. The first-order valence-corrected chi connectivity index (χ1v) is 5.19. The van der Waals surface area contributed by atoms with Crippen LogP contribution in [0, 0.1) is 0 Å². The molecule has 0 aromatic heterocycles. The van der Waals surface area contributed by atoms with Crippen molar-refractivity contribution < 1.29 is 23.1 Å². The third kappa shape index (κ3) is 4.62. The van der Waals surface area contributed by atoms with E-state index < -0.39 is 23.9 Å². The van der Waals surface area contributed by atoms with E-state index in [1.165, 1.54) is 6.92 Å². The van der Waals surface area contributed by atoms with E-state index in [2.05, 4.69) is 10.6 Å². The molecule has 4 nitrogen and oxygen atoms in total. The Bertz CT molecular complexity index is 402. The van der Waals surface area contributed by atoms with Crippen LogP contribution in [0.5, 0.6) is 0 Å². The van der Waals surface area contributed by atoms with E-state index >= 15 is 0 Å². The average molecular weight is 262 g/mol. The molecule has 18 heavy (non-hydrogen) atoms. The van der Waals surface area contributed by atoms with Crippen LogP contribution in [0.1, 0.15) is 12.5 Å². The molecule has 0 aliphatic heterocycles. The highest BCUT2D eigenvalue weighted by Crippen LogP contribution is 2.29. The highest BCUT2D eigenvalue weighted by molar-refractivity contribution is 5.89. The summed E-state index contributed by atoms with van der Waals surface area (Å²) in [6, 6.07) is 3.49. The lowest BCUT2D eigenvalue weighted by molar-refractivity contribution is -0.137. The van der Waals surface area contributed by atoms with Crippen molar-refractivity contribution >= 4 is 11.7 Å². The number of carbonyl (C=O) groups is 1. The Morgan fingerprint density at radius 1 is 1.33 bits per heavy atom. The summed E-state index contributed by atoms with van der Waals surface area (Å²) in [5.41, 5.74) is -0.538. The molecule has 1 aromatic carbocycles. The summed E-state index contributed by atoms with van der Waals surface area (Å²) in [5, 5.41) is 13.6. The standard InChI is InChI=1S/C11H13F3N2O2/c1-7(17)6-15-10(18)16-9-4-2-8(3-5-9)11(12,13)14/h2-5,7,17H,6H2,1H3,(H2,15,16,18)/t7-/m0/s1. The average Bonchev–Trinajstić information content (AvgIpc) is 2.26. The van der Waals surface area contributed by atoms with Gasteiger partial charge in [-0.3, -0.25) is 0 Å². The second-order valence-corrected chi connectivity index (χ2v) is 3.76. The molecule has 0 saturated heterocycles. The maximum absolute atomic E-state index is 12.3. The molecule has 2 amide bonds. The first kappa shape index (κ1) is 14.3. The minimum absolute atomic E-state index is 0.0620. The molecule has 0 saturated carbocycles. The third-order valence-electron chi connectivity index (χ3n) is 2.03. The number of amides is 2. The topological polar surface area (TPSA) is 61.4 Å². The van der Waals surface area contributed by atoms with Crippen molar-refractivity contribution in [3.8, 4) is 0 Å². The Kier molecular flexibility index (Phi) is 4.55. The van der Waals surface area contributed by atoms with Gasteiger partial charge >= 0.3 is 12.2 Å². The number of hydrogen-bond donors (Lipinski definition) is 3. The molecule has 7 heteroatoms. The summed E-state index contributed by atoms with van der Waals surface area (Å²) < 4.78 is 36.8. The van der Waals surface area contributed by atoms with E-state index in [1.807, 2.05) is 0 Å². The zero-order valence-electron chi connectivity index (χ0n) is 9.58. The zero-order valence-corrected chi connectivity index (χ0v) is 9.58. The van der Waals surface area contributed by atoms with Gasteiger partial charge in [0.2, 0.25) is 0 Å². The van der Waals surface area contributed by atoms with Gasteiger partial charge in [0.1, 0.15) is 0 Å². The van der Waals surface area contributed by atoms with Crippen molar-refractivity contribution in [1.29, 1.82) is 0 Å². The van der Waals surface area contributed by atoms with Crippen LogP contribution >= 0.6 is 0 Å². The quantitative estimate of drug-likeness (QED) is 0.782. The van der Waals surface area contributed by atoms with Crippen molar-refractivity contribution in [1.82, 2.24) is 5.32 Å². The van der Waals surface area contributed by atoms with Gasteiger partial charge in [-0.05, 0) is 31.2 Å². The molecule has 0 heterocycles. The first-order valence-electron chi connectivity index (χ1n) is 5.19. The fourth-order valence-corrected chi connectivity index (χ4v) is 1.16. The number of alkyl halides is 3. The SMILES string of the molecule is C[C@H](O)CNC(=O)Nc1ccc(C(F)(F)F)cc1. The lowest BCUT2D eigenvalue weighted by Gasteiger charge is -2.10. The number of hydrogen-bond acceptors (Lipinski definition) is 2. The second kappa shape index (κ2) is 5.72. The lowest BCUT2D eigenvalue weighted by Crippen LogP contribution is -2.34. The van der Waals surface area contributed by atoms with Crippen LogP contribution in [0.2, 0.25) is 0 Å². The predicted octanol–water partition coefficient (Wildman–Crippen LogP) is 2.21. The fraction of sp³-hybridized carbons (Fsp3) is 0.364.